The maximum absolute atomic E-state index is 13.0. The second-order valence-corrected chi connectivity index (χ2v) is 6.99. The summed E-state index contributed by atoms with van der Waals surface area (Å²) in [5.74, 6) is 0.800. The average Bonchev–Trinajstić information content (AvgIpc) is 2.99. The molecular formula is C17H16F3N3O3S. The summed E-state index contributed by atoms with van der Waals surface area (Å²) < 4.78 is 58.1. The number of ether oxygens (including phenoxy) is 1. The Bertz CT molecular complexity index is 1020. The van der Waals surface area contributed by atoms with Crippen molar-refractivity contribution in [2.24, 2.45) is 0 Å². The van der Waals surface area contributed by atoms with E-state index in [2.05, 4.69) is 9.97 Å². The van der Waals surface area contributed by atoms with E-state index in [-0.39, 0.29) is 23.9 Å². The highest BCUT2D eigenvalue weighted by atomic mass is 32.2. The second kappa shape index (κ2) is 7.28. The van der Waals surface area contributed by atoms with E-state index in [1.807, 2.05) is 0 Å². The smallest absolute Gasteiger partial charge is 0.416 e. The van der Waals surface area contributed by atoms with Crippen molar-refractivity contribution in [3.8, 4) is 11.6 Å². The lowest BCUT2D eigenvalue weighted by atomic mass is 10.2. The molecular weight excluding hydrogens is 383 g/mol. The number of nitrogens with zero attached hydrogens (tertiary/aromatic N) is 3. The fraction of sp³-hybridized carbons (Fsp3) is 0.294. The van der Waals surface area contributed by atoms with Crippen molar-refractivity contribution in [2.45, 2.75) is 18.3 Å². The van der Waals surface area contributed by atoms with Crippen LogP contribution in [0.2, 0.25) is 0 Å². The van der Waals surface area contributed by atoms with Crippen LogP contribution in [0.4, 0.5) is 13.2 Å². The van der Waals surface area contributed by atoms with E-state index in [9.17, 15) is 17.4 Å². The number of halogens is 3. The van der Waals surface area contributed by atoms with Gasteiger partial charge < -0.3 is 9.84 Å². The fourth-order valence-electron chi connectivity index (χ4n) is 2.68. The zero-order valence-corrected chi connectivity index (χ0v) is 15.3. The zero-order valence-electron chi connectivity index (χ0n) is 14.4. The predicted molar refractivity (Wildman–Crippen MR) is 93.5 cm³/mol. The van der Waals surface area contributed by atoms with Gasteiger partial charge in [0.15, 0.2) is 0 Å². The number of alkyl halides is 3. The number of aliphatic hydroxyl groups is 1. The Morgan fingerprint density at radius 2 is 2.04 bits per heavy atom. The number of hydrogen-bond acceptors (Lipinski definition) is 5. The molecule has 0 saturated carbocycles. The van der Waals surface area contributed by atoms with E-state index in [1.54, 1.807) is 13.0 Å². The van der Waals surface area contributed by atoms with Gasteiger partial charge in [-0.25, -0.2) is 9.97 Å². The number of hydrogen-bond donors (Lipinski definition) is 1. The maximum atomic E-state index is 13.0. The van der Waals surface area contributed by atoms with E-state index in [1.165, 1.54) is 23.1 Å². The van der Waals surface area contributed by atoms with Crippen molar-refractivity contribution in [1.29, 1.82) is 0 Å². The van der Waals surface area contributed by atoms with Crippen molar-refractivity contribution >= 4 is 21.8 Å². The third-order valence-corrected chi connectivity index (χ3v) is 4.68. The molecule has 0 aliphatic heterocycles. The van der Waals surface area contributed by atoms with Gasteiger partial charge in [-0.3, -0.25) is 8.78 Å². The first-order chi connectivity index (χ1) is 12.7. The molecule has 1 N–H and O–H groups in total. The minimum Gasteiger partial charge on any atom is -0.491 e. The van der Waals surface area contributed by atoms with Crippen LogP contribution < -0.4 is 4.74 Å². The van der Waals surface area contributed by atoms with Gasteiger partial charge in [0.05, 0.1) is 34.0 Å². The molecule has 0 fully saturated rings. The Morgan fingerprint density at radius 3 is 2.67 bits per heavy atom. The van der Waals surface area contributed by atoms with Gasteiger partial charge in [0.2, 0.25) is 5.16 Å². The molecule has 0 spiro atoms. The number of aliphatic hydroxyl groups excluding tert-OH is 1. The topological polar surface area (TPSA) is 77.2 Å². The van der Waals surface area contributed by atoms with Crippen molar-refractivity contribution in [2.75, 3.05) is 19.5 Å². The first-order valence-electron chi connectivity index (χ1n) is 7.86. The summed E-state index contributed by atoms with van der Waals surface area (Å²) in [4.78, 5) is 8.42. The highest BCUT2D eigenvalue weighted by molar-refractivity contribution is 7.84. The molecule has 0 aliphatic carbocycles. The van der Waals surface area contributed by atoms with Crippen LogP contribution in [-0.4, -0.2) is 43.3 Å². The van der Waals surface area contributed by atoms with Crippen LogP contribution in [-0.2, 0) is 17.0 Å². The standard InChI is InChI=1S/C17H16F3N3O3S/c1-10-14(26-8-7-24)5-6-21-15(10)23-13-4-3-11(17(18,19)20)9-12(13)22-16(23)27(2)25/h3-6,9,24H,7-8H2,1-2H3. The van der Waals surface area contributed by atoms with Crippen LogP contribution in [0.15, 0.2) is 35.6 Å². The van der Waals surface area contributed by atoms with Crippen molar-refractivity contribution in [3.63, 3.8) is 0 Å². The summed E-state index contributed by atoms with van der Waals surface area (Å²) in [5.41, 5.74) is 0.163. The molecule has 1 aromatic carbocycles. The van der Waals surface area contributed by atoms with Gasteiger partial charge in [-0.2, -0.15) is 13.2 Å². The minimum atomic E-state index is -4.50. The highest BCUT2D eigenvalue weighted by Crippen LogP contribution is 2.33. The maximum Gasteiger partial charge on any atom is 0.416 e. The molecule has 0 aliphatic rings. The molecule has 27 heavy (non-hydrogen) atoms. The van der Waals surface area contributed by atoms with Gasteiger partial charge in [-0.15, -0.1) is 0 Å². The lowest BCUT2D eigenvalue weighted by molar-refractivity contribution is -0.137. The molecule has 2 heterocycles. The van der Waals surface area contributed by atoms with Crippen LogP contribution in [0.3, 0.4) is 0 Å². The third-order valence-electron chi connectivity index (χ3n) is 3.90. The zero-order chi connectivity index (χ0) is 19.8. The van der Waals surface area contributed by atoms with E-state index in [0.717, 1.165) is 12.1 Å². The summed E-state index contributed by atoms with van der Waals surface area (Å²) in [7, 11) is -1.57. The average molecular weight is 399 g/mol. The summed E-state index contributed by atoms with van der Waals surface area (Å²) in [6.07, 6.45) is -1.65. The highest BCUT2D eigenvalue weighted by Gasteiger charge is 2.31. The molecule has 0 saturated heterocycles. The van der Waals surface area contributed by atoms with E-state index in [0.29, 0.717) is 22.6 Å². The molecule has 1 atom stereocenters. The summed E-state index contributed by atoms with van der Waals surface area (Å²) in [5, 5.41) is 9.02. The Morgan fingerprint density at radius 1 is 1.30 bits per heavy atom. The number of rotatable bonds is 5. The van der Waals surface area contributed by atoms with Crippen LogP contribution in [0, 0.1) is 6.92 Å². The molecule has 0 radical (unpaired) electrons. The molecule has 0 bridgehead atoms. The molecule has 144 valence electrons. The third kappa shape index (κ3) is 3.67. The van der Waals surface area contributed by atoms with Gasteiger partial charge in [-0.1, -0.05) is 0 Å². The Balaban J connectivity index is 2.25. The summed E-state index contributed by atoms with van der Waals surface area (Å²) >= 11 is 0. The first-order valence-corrected chi connectivity index (χ1v) is 9.42. The minimum absolute atomic E-state index is 0.0675. The van der Waals surface area contributed by atoms with Crippen molar-refractivity contribution in [3.05, 3.63) is 41.6 Å². The van der Waals surface area contributed by atoms with Crippen LogP contribution in [0.5, 0.6) is 5.75 Å². The molecule has 3 aromatic rings. The summed E-state index contributed by atoms with van der Waals surface area (Å²) in [6, 6.07) is 4.76. The molecule has 0 amide bonds. The molecule has 2 aromatic heterocycles. The Hall–Kier alpha value is -2.46. The Kier molecular flexibility index (Phi) is 5.20. The predicted octanol–water partition coefficient (Wildman–Crippen LogP) is 2.86. The summed E-state index contributed by atoms with van der Waals surface area (Å²) in [6.45, 7) is 1.62. The molecule has 10 heteroatoms. The first kappa shape index (κ1) is 19.3. The monoisotopic (exact) mass is 399 g/mol. The van der Waals surface area contributed by atoms with Gasteiger partial charge in [-0.05, 0) is 31.2 Å². The quantitative estimate of drug-likeness (QED) is 0.714. The number of pyridine rings is 1. The second-order valence-electron chi connectivity index (χ2n) is 5.71. The normalized spacial score (nSPS) is 13.1. The fourth-order valence-corrected chi connectivity index (χ4v) is 3.35. The van der Waals surface area contributed by atoms with E-state index in [4.69, 9.17) is 9.84 Å². The van der Waals surface area contributed by atoms with Crippen LogP contribution in [0.25, 0.3) is 16.9 Å². The molecule has 3 rings (SSSR count). The number of fused-ring (bicyclic) bond motifs is 1. The number of aromatic nitrogens is 3. The van der Waals surface area contributed by atoms with Crippen molar-refractivity contribution in [1.82, 2.24) is 14.5 Å². The molecule has 6 nitrogen and oxygen atoms in total. The largest absolute Gasteiger partial charge is 0.491 e. The Labute approximate surface area is 155 Å². The lowest BCUT2D eigenvalue weighted by Gasteiger charge is -2.14. The van der Waals surface area contributed by atoms with Gasteiger partial charge >= 0.3 is 6.18 Å². The van der Waals surface area contributed by atoms with Crippen LogP contribution >= 0.6 is 0 Å². The van der Waals surface area contributed by atoms with Gasteiger partial charge in [0.25, 0.3) is 0 Å². The van der Waals surface area contributed by atoms with Gasteiger partial charge in [0.1, 0.15) is 18.2 Å². The van der Waals surface area contributed by atoms with Gasteiger partial charge in [0, 0.05) is 18.0 Å². The van der Waals surface area contributed by atoms with E-state index >= 15 is 0 Å². The van der Waals surface area contributed by atoms with E-state index < -0.39 is 22.5 Å². The molecule has 1 unspecified atom stereocenters. The van der Waals surface area contributed by atoms with Crippen LogP contribution in [0.1, 0.15) is 11.1 Å². The lowest BCUT2D eigenvalue weighted by Crippen LogP contribution is -2.09. The number of benzene rings is 1. The number of imidazole rings is 1. The van der Waals surface area contributed by atoms with Crippen molar-refractivity contribution < 1.29 is 27.2 Å². The SMILES string of the molecule is Cc1c(OCCO)ccnc1-n1c(S(C)=O)nc2cc(C(F)(F)F)ccc21.